The Kier molecular flexibility index (Phi) is 9.86. The Bertz CT molecular complexity index is 262. The second-order valence-corrected chi connectivity index (χ2v) is 6.66. The molecule has 0 aromatic heterocycles. The van der Waals surface area contributed by atoms with Gasteiger partial charge in [0.1, 0.15) is 0 Å². The zero-order valence-electron chi connectivity index (χ0n) is 13.8. The molecule has 3 N–H and O–H groups in total. The number of amides is 1. The lowest BCUT2D eigenvalue weighted by molar-refractivity contribution is -0.135. The van der Waals surface area contributed by atoms with Gasteiger partial charge in [-0.1, -0.05) is 53.4 Å². The maximum absolute atomic E-state index is 12.4. The smallest absolute Gasteiger partial charge is 0.240 e. The van der Waals surface area contributed by atoms with E-state index in [0.29, 0.717) is 13.0 Å². The minimum absolute atomic E-state index is 0.0152. The highest BCUT2D eigenvalue weighted by molar-refractivity contribution is 5.82. The van der Waals surface area contributed by atoms with Crippen LogP contribution in [0.15, 0.2) is 0 Å². The largest absolute Gasteiger partial charge is 0.396 e. The molecule has 0 radical (unpaired) electrons. The van der Waals surface area contributed by atoms with Crippen molar-refractivity contribution in [2.45, 2.75) is 72.3 Å². The Morgan fingerprint density at radius 3 is 2.15 bits per heavy atom. The minimum Gasteiger partial charge on any atom is -0.396 e. The molecule has 1 amide bonds. The summed E-state index contributed by atoms with van der Waals surface area (Å²) in [6.07, 6.45) is 6.51. The van der Waals surface area contributed by atoms with Gasteiger partial charge in [0.05, 0.1) is 6.04 Å². The van der Waals surface area contributed by atoms with E-state index in [4.69, 9.17) is 10.8 Å². The number of nitrogens with zero attached hydrogens (tertiary/aromatic N) is 1. The van der Waals surface area contributed by atoms with Crippen LogP contribution >= 0.6 is 0 Å². The first kappa shape index (κ1) is 19.4. The number of unbranched alkanes of at least 4 members (excludes halogenated alkanes) is 4. The molecule has 0 saturated carbocycles. The fourth-order valence-electron chi connectivity index (χ4n) is 2.07. The summed E-state index contributed by atoms with van der Waals surface area (Å²) in [6, 6.07) is -0.475. The standard InChI is InChI=1S/C16H34N2O2/c1-5-6-7-8-9-11-18(12-10-13-19)15(20)14(17)16(2,3)4/h14,19H,5-13,17H2,1-4H3/t14-/m1/s1. The molecule has 0 aliphatic heterocycles. The number of aliphatic hydroxyl groups is 1. The van der Waals surface area contributed by atoms with E-state index in [1.54, 1.807) is 0 Å². The van der Waals surface area contributed by atoms with Gasteiger partial charge in [0.25, 0.3) is 0 Å². The van der Waals surface area contributed by atoms with Gasteiger partial charge in [-0.25, -0.2) is 0 Å². The molecule has 0 aliphatic rings. The number of hydrogen-bond acceptors (Lipinski definition) is 3. The Morgan fingerprint density at radius 1 is 1.10 bits per heavy atom. The molecular weight excluding hydrogens is 252 g/mol. The lowest BCUT2D eigenvalue weighted by Gasteiger charge is -2.32. The number of aliphatic hydroxyl groups excluding tert-OH is 1. The summed E-state index contributed by atoms with van der Waals surface area (Å²) < 4.78 is 0. The van der Waals surface area contributed by atoms with Crippen molar-refractivity contribution in [1.82, 2.24) is 4.90 Å². The number of carbonyl (C=O) groups excluding carboxylic acids is 1. The zero-order chi connectivity index (χ0) is 15.6. The van der Waals surface area contributed by atoms with E-state index >= 15 is 0 Å². The van der Waals surface area contributed by atoms with Crippen LogP contribution in [-0.4, -0.2) is 41.7 Å². The van der Waals surface area contributed by atoms with Crippen LogP contribution in [0.2, 0.25) is 0 Å². The van der Waals surface area contributed by atoms with E-state index in [0.717, 1.165) is 19.4 Å². The van der Waals surface area contributed by atoms with Gasteiger partial charge in [0.2, 0.25) is 5.91 Å². The average molecular weight is 286 g/mol. The van der Waals surface area contributed by atoms with Crippen molar-refractivity contribution in [3.63, 3.8) is 0 Å². The highest BCUT2D eigenvalue weighted by atomic mass is 16.3. The van der Waals surface area contributed by atoms with Gasteiger partial charge in [0.15, 0.2) is 0 Å². The Morgan fingerprint density at radius 2 is 1.65 bits per heavy atom. The molecule has 0 heterocycles. The van der Waals surface area contributed by atoms with E-state index in [9.17, 15) is 4.79 Å². The van der Waals surface area contributed by atoms with Crippen LogP contribution in [0.3, 0.4) is 0 Å². The normalized spacial score (nSPS) is 13.3. The number of carbonyl (C=O) groups is 1. The molecule has 0 saturated heterocycles. The van der Waals surface area contributed by atoms with Crippen molar-refractivity contribution < 1.29 is 9.90 Å². The number of rotatable bonds is 10. The molecule has 0 aromatic carbocycles. The summed E-state index contributed by atoms with van der Waals surface area (Å²) >= 11 is 0. The fraction of sp³-hybridized carbons (Fsp3) is 0.938. The zero-order valence-corrected chi connectivity index (χ0v) is 13.8. The molecule has 0 aromatic rings. The van der Waals surface area contributed by atoms with E-state index in [1.165, 1.54) is 19.3 Å². The van der Waals surface area contributed by atoms with Crippen LogP contribution in [0.4, 0.5) is 0 Å². The van der Waals surface area contributed by atoms with E-state index in [-0.39, 0.29) is 17.9 Å². The third-order valence-corrected chi connectivity index (χ3v) is 3.63. The van der Waals surface area contributed by atoms with Gasteiger partial charge < -0.3 is 15.7 Å². The summed E-state index contributed by atoms with van der Waals surface area (Å²) in [4.78, 5) is 14.3. The van der Waals surface area contributed by atoms with E-state index in [1.807, 2.05) is 25.7 Å². The molecular formula is C16H34N2O2. The number of nitrogens with two attached hydrogens (primary N) is 1. The third-order valence-electron chi connectivity index (χ3n) is 3.63. The first-order chi connectivity index (χ1) is 9.34. The van der Waals surface area contributed by atoms with Crippen LogP contribution in [0.1, 0.15) is 66.2 Å². The van der Waals surface area contributed by atoms with Crippen LogP contribution < -0.4 is 5.73 Å². The van der Waals surface area contributed by atoms with Gasteiger partial charge in [0, 0.05) is 19.7 Å². The van der Waals surface area contributed by atoms with Gasteiger partial charge in [-0.3, -0.25) is 4.79 Å². The Balaban J connectivity index is 4.35. The molecule has 120 valence electrons. The summed E-state index contributed by atoms with van der Waals surface area (Å²) in [7, 11) is 0. The summed E-state index contributed by atoms with van der Waals surface area (Å²) in [6.45, 7) is 9.63. The van der Waals surface area contributed by atoms with E-state index < -0.39 is 6.04 Å². The SMILES string of the molecule is CCCCCCCN(CCCO)C(=O)[C@@H](N)C(C)(C)C. The molecule has 0 bridgehead atoms. The predicted octanol–water partition coefficient (Wildman–Crippen LogP) is 2.54. The first-order valence-corrected chi connectivity index (χ1v) is 7.99. The molecule has 4 nitrogen and oxygen atoms in total. The van der Waals surface area contributed by atoms with Crippen LogP contribution in [0.25, 0.3) is 0 Å². The van der Waals surface area contributed by atoms with Crippen LogP contribution in [0, 0.1) is 5.41 Å². The third kappa shape index (κ3) is 7.85. The molecule has 1 atom stereocenters. The van der Waals surface area contributed by atoms with Crippen molar-refractivity contribution in [2.75, 3.05) is 19.7 Å². The topological polar surface area (TPSA) is 66.6 Å². The molecule has 0 aliphatic carbocycles. The van der Waals surface area contributed by atoms with Gasteiger partial charge >= 0.3 is 0 Å². The second-order valence-electron chi connectivity index (χ2n) is 6.66. The van der Waals surface area contributed by atoms with Crippen molar-refractivity contribution in [3.05, 3.63) is 0 Å². The average Bonchev–Trinajstić information content (AvgIpc) is 2.39. The lowest BCUT2D eigenvalue weighted by Crippen LogP contribution is -2.51. The van der Waals surface area contributed by atoms with E-state index in [2.05, 4.69) is 6.92 Å². The van der Waals surface area contributed by atoms with Gasteiger partial charge in [-0.15, -0.1) is 0 Å². The molecule has 0 spiro atoms. The van der Waals surface area contributed by atoms with Crippen molar-refractivity contribution in [2.24, 2.45) is 11.1 Å². The minimum atomic E-state index is -0.475. The summed E-state index contributed by atoms with van der Waals surface area (Å²) in [5.74, 6) is 0.0152. The van der Waals surface area contributed by atoms with Crippen molar-refractivity contribution in [3.8, 4) is 0 Å². The lowest BCUT2D eigenvalue weighted by atomic mass is 9.86. The van der Waals surface area contributed by atoms with Crippen molar-refractivity contribution >= 4 is 5.91 Å². The summed E-state index contributed by atoms with van der Waals surface area (Å²) in [5, 5.41) is 8.97. The number of hydrogen-bond donors (Lipinski definition) is 2. The molecule has 0 fully saturated rings. The molecule has 20 heavy (non-hydrogen) atoms. The highest BCUT2D eigenvalue weighted by Crippen LogP contribution is 2.19. The van der Waals surface area contributed by atoms with Crippen LogP contribution in [0.5, 0.6) is 0 Å². The maximum atomic E-state index is 12.4. The second kappa shape index (κ2) is 10.2. The van der Waals surface area contributed by atoms with Crippen molar-refractivity contribution in [1.29, 1.82) is 0 Å². The molecule has 0 rings (SSSR count). The quantitative estimate of drug-likeness (QED) is 0.606. The first-order valence-electron chi connectivity index (χ1n) is 7.99. The fourth-order valence-corrected chi connectivity index (χ4v) is 2.07. The molecule has 0 unspecified atom stereocenters. The highest BCUT2D eigenvalue weighted by Gasteiger charge is 2.30. The Labute approximate surface area is 124 Å². The maximum Gasteiger partial charge on any atom is 0.240 e. The van der Waals surface area contributed by atoms with Gasteiger partial charge in [-0.2, -0.15) is 0 Å². The molecule has 4 heteroatoms. The van der Waals surface area contributed by atoms with Crippen LogP contribution in [-0.2, 0) is 4.79 Å². The monoisotopic (exact) mass is 286 g/mol. The predicted molar refractivity (Wildman–Crippen MR) is 84.5 cm³/mol. The van der Waals surface area contributed by atoms with Gasteiger partial charge in [-0.05, 0) is 18.3 Å². The Hall–Kier alpha value is -0.610. The summed E-state index contributed by atoms with van der Waals surface area (Å²) in [5.41, 5.74) is 5.84.